The van der Waals surface area contributed by atoms with E-state index in [0.29, 0.717) is 12.5 Å². The van der Waals surface area contributed by atoms with E-state index >= 15 is 0 Å². The molecule has 0 radical (unpaired) electrons. The number of nitrogens with one attached hydrogen (secondary N) is 1. The maximum absolute atomic E-state index is 9.23. The zero-order valence-corrected chi connectivity index (χ0v) is 13.1. The van der Waals surface area contributed by atoms with Crippen molar-refractivity contribution in [2.45, 2.75) is 26.3 Å². The second-order valence-electron chi connectivity index (χ2n) is 5.17. The van der Waals surface area contributed by atoms with Crippen molar-refractivity contribution in [3.05, 3.63) is 28.2 Å². The highest BCUT2D eigenvalue weighted by atomic mass is 79.9. The van der Waals surface area contributed by atoms with Gasteiger partial charge in [-0.15, -0.1) is 0 Å². The van der Waals surface area contributed by atoms with E-state index in [1.54, 1.807) is 0 Å². The predicted octanol–water partition coefficient (Wildman–Crippen LogP) is 2.77. The number of hydrogen-bond acceptors (Lipinski definition) is 3. The second-order valence-corrected chi connectivity index (χ2v) is 6.08. The standard InChI is InChI=1S/C15H23BrN2O/c1-2-17-10-13-3-4-14(16)9-15(13)18-7-5-12(11-19)6-8-18/h3-4,9,12,17,19H,2,5-8,10-11H2,1H3. The Labute approximate surface area is 124 Å². The summed E-state index contributed by atoms with van der Waals surface area (Å²) in [6, 6.07) is 6.52. The molecule has 1 aromatic rings. The normalized spacial score (nSPS) is 16.9. The van der Waals surface area contributed by atoms with Crippen molar-refractivity contribution in [2.24, 2.45) is 5.92 Å². The van der Waals surface area contributed by atoms with Gasteiger partial charge in [-0.1, -0.05) is 28.9 Å². The van der Waals surface area contributed by atoms with Gasteiger partial charge >= 0.3 is 0 Å². The molecule has 0 aliphatic carbocycles. The van der Waals surface area contributed by atoms with Gasteiger partial charge < -0.3 is 15.3 Å². The Hall–Kier alpha value is -0.580. The van der Waals surface area contributed by atoms with Crippen LogP contribution < -0.4 is 10.2 Å². The summed E-state index contributed by atoms with van der Waals surface area (Å²) in [7, 11) is 0. The van der Waals surface area contributed by atoms with Gasteiger partial charge in [0.1, 0.15) is 0 Å². The Morgan fingerprint density at radius 2 is 2.11 bits per heavy atom. The first-order chi connectivity index (χ1) is 9.24. The summed E-state index contributed by atoms with van der Waals surface area (Å²) in [5, 5.41) is 12.6. The lowest BCUT2D eigenvalue weighted by Gasteiger charge is -2.34. The fraction of sp³-hybridized carbons (Fsp3) is 0.600. The van der Waals surface area contributed by atoms with E-state index in [2.05, 4.69) is 51.3 Å². The van der Waals surface area contributed by atoms with Crippen LogP contribution in [0.3, 0.4) is 0 Å². The molecule has 0 atom stereocenters. The lowest BCUT2D eigenvalue weighted by Crippen LogP contribution is -2.35. The molecule has 19 heavy (non-hydrogen) atoms. The van der Waals surface area contributed by atoms with Crippen LogP contribution in [0.5, 0.6) is 0 Å². The van der Waals surface area contributed by atoms with E-state index in [-0.39, 0.29) is 0 Å². The number of piperidine rings is 1. The smallest absolute Gasteiger partial charge is 0.0460 e. The van der Waals surface area contributed by atoms with Crippen LogP contribution in [0, 0.1) is 5.92 Å². The molecule has 4 heteroatoms. The highest BCUT2D eigenvalue weighted by Crippen LogP contribution is 2.29. The van der Waals surface area contributed by atoms with Gasteiger partial charge in [0, 0.05) is 36.4 Å². The highest BCUT2D eigenvalue weighted by molar-refractivity contribution is 9.10. The molecule has 2 rings (SSSR count). The van der Waals surface area contributed by atoms with Crippen molar-refractivity contribution in [1.82, 2.24) is 5.32 Å². The third-order valence-corrected chi connectivity index (χ3v) is 4.32. The van der Waals surface area contributed by atoms with Gasteiger partial charge in [0.05, 0.1) is 0 Å². The third-order valence-electron chi connectivity index (χ3n) is 3.83. The average Bonchev–Trinajstić information content (AvgIpc) is 2.46. The molecule has 0 aromatic heterocycles. The van der Waals surface area contributed by atoms with Gasteiger partial charge in [0.15, 0.2) is 0 Å². The number of aliphatic hydroxyl groups excluding tert-OH is 1. The molecule has 0 saturated carbocycles. The molecular formula is C15H23BrN2O. The van der Waals surface area contributed by atoms with Crippen LogP contribution in [0.1, 0.15) is 25.3 Å². The van der Waals surface area contributed by atoms with Gasteiger partial charge in [0.2, 0.25) is 0 Å². The number of aliphatic hydroxyl groups is 1. The molecule has 1 aliphatic heterocycles. The summed E-state index contributed by atoms with van der Waals surface area (Å²) in [6.45, 7) is 6.45. The van der Waals surface area contributed by atoms with Crippen LogP contribution in [-0.2, 0) is 6.54 Å². The zero-order chi connectivity index (χ0) is 13.7. The van der Waals surface area contributed by atoms with Gasteiger partial charge in [0.25, 0.3) is 0 Å². The molecule has 3 nitrogen and oxygen atoms in total. The summed E-state index contributed by atoms with van der Waals surface area (Å²) >= 11 is 3.57. The lowest BCUT2D eigenvalue weighted by molar-refractivity contribution is 0.203. The minimum absolute atomic E-state index is 0.330. The monoisotopic (exact) mass is 326 g/mol. The largest absolute Gasteiger partial charge is 0.396 e. The maximum atomic E-state index is 9.23. The summed E-state index contributed by atoms with van der Waals surface area (Å²) in [6.07, 6.45) is 2.17. The van der Waals surface area contributed by atoms with E-state index in [1.165, 1.54) is 11.3 Å². The van der Waals surface area contributed by atoms with Crippen LogP contribution in [-0.4, -0.2) is 31.3 Å². The van der Waals surface area contributed by atoms with Crippen molar-refractivity contribution in [2.75, 3.05) is 31.1 Å². The van der Waals surface area contributed by atoms with E-state index in [1.807, 2.05) is 0 Å². The van der Waals surface area contributed by atoms with E-state index in [4.69, 9.17) is 0 Å². The topological polar surface area (TPSA) is 35.5 Å². The predicted molar refractivity (Wildman–Crippen MR) is 83.5 cm³/mol. The van der Waals surface area contributed by atoms with Crippen molar-refractivity contribution < 1.29 is 5.11 Å². The molecule has 0 spiro atoms. The van der Waals surface area contributed by atoms with Gasteiger partial charge in [-0.25, -0.2) is 0 Å². The van der Waals surface area contributed by atoms with Gasteiger partial charge in [-0.2, -0.15) is 0 Å². The van der Waals surface area contributed by atoms with E-state index in [0.717, 1.165) is 43.5 Å². The number of rotatable bonds is 5. The zero-order valence-electron chi connectivity index (χ0n) is 11.5. The Morgan fingerprint density at radius 3 is 2.74 bits per heavy atom. The van der Waals surface area contributed by atoms with Crippen molar-refractivity contribution >= 4 is 21.6 Å². The summed E-state index contributed by atoms with van der Waals surface area (Å²) < 4.78 is 1.13. The summed E-state index contributed by atoms with van der Waals surface area (Å²) in [5.74, 6) is 0.487. The van der Waals surface area contributed by atoms with Crippen molar-refractivity contribution in [1.29, 1.82) is 0 Å². The molecule has 0 amide bonds. The number of nitrogens with zero attached hydrogens (tertiary/aromatic N) is 1. The average molecular weight is 327 g/mol. The Balaban J connectivity index is 2.11. The SMILES string of the molecule is CCNCc1ccc(Br)cc1N1CCC(CO)CC1. The maximum Gasteiger partial charge on any atom is 0.0460 e. The molecular weight excluding hydrogens is 304 g/mol. The van der Waals surface area contributed by atoms with Crippen LogP contribution in [0.2, 0.25) is 0 Å². The van der Waals surface area contributed by atoms with Gasteiger partial charge in [-0.3, -0.25) is 0 Å². The quantitative estimate of drug-likeness (QED) is 0.873. The first kappa shape index (κ1) is 14.8. The lowest BCUT2D eigenvalue weighted by atomic mass is 9.97. The van der Waals surface area contributed by atoms with E-state index in [9.17, 15) is 5.11 Å². The van der Waals surface area contributed by atoms with Crippen LogP contribution >= 0.6 is 15.9 Å². The van der Waals surface area contributed by atoms with Crippen LogP contribution in [0.25, 0.3) is 0 Å². The molecule has 2 N–H and O–H groups in total. The molecule has 1 fully saturated rings. The van der Waals surface area contributed by atoms with Crippen LogP contribution in [0.4, 0.5) is 5.69 Å². The fourth-order valence-corrected chi connectivity index (χ4v) is 2.95. The van der Waals surface area contributed by atoms with Gasteiger partial charge in [-0.05, 0) is 43.0 Å². The van der Waals surface area contributed by atoms with Crippen molar-refractivity contribution in [3.8, 4) is 0 Å². The molecule has 1 heterocycles. The summed E-state index contributed by atoms with van der Waals surface area (Å²) in [5.41, 5.74) is 2.68. The Morgan fingerprint density at radius 1 is 1.37 bits per heavy atom. The minimum atomic E-state index is 0.330. The van der Waals surface area contributed by atoms with Crippen LogP contribution in [0.15, 0.2) is 22.7 Å². The minimum Gasteiger partial charge on any atom is -0.396 e. The molecule has 106 valence electrons. The highest BCUT2D eigenvalue weighted by Gasteiger charge is 2.20. The first-order valence-electron chi connectivity index (χ1n) is 7.09. The van der Waals surface area contributed by atoms with Crippen molar-refractivity contribution in [3.63, 3.8) is 0 Å². The molecule has 0 unspecified atom stereocenters. The Bertz CT molecular complexity index is 403. The van der Waals surface area contributed by atoms with E-state index < -0.39 is 0 Å². The number of benzene rings is 1. The third kappa shape index (κ3) is 3.94. The first-order valence-corrected chi connectivity index (χ1v) is 7.88. The molecule has 0 bridgehead atoms. The number of halogens is 1. The molecule has 1 aliphatic rings. The number of hydrogen-bond donors (Lipinski definition) is 2. The second kappa shape index (κ2) is 7.27. The Kier molecular flexibility index (Phi) is 5.67. The fourth-order valence-electron chi connectivity index (χ4n) is 2.60. The summed E-state index contributed by atoms with van der Waals surface area (Å²) in [4.78, 5) is 2.45. The molecule has 1 aromatic carbocycles. The molecule has 1 saturated heterocycles. The number of anilines is 1.